The van der Waals surface area contributed by atoms with Crippen LogP contribution in [-0.2, 0) is 18.8 Å². The molecule has 0 N–H and O–H groups in total. The maximum Gasteiger partial charge on any atom is 0.308 e. The number of aldehydes is 1. The average Bonchev–Trinajstić information content (AvgIpc) is 2.14. The fourth-order valence-corrected chi connectivity index (χ4v) is 2.17. The third-order valence-electron chi connectivity index (χ3n) is 3.00. The van der Waals surface area contributed by atoms with Gasteiger partial charge in [0.15, 0.2) is 8.32 Å². The summed E-state index contributed by atoms with van der Waals surface area (Å²) in [5, 5.41) is 0.0182. The highest BCUT2D eigenvalue weighted by Gasteiger charge is 2.39. The van der Waals surface area contributed by atoms with Crippen molar-refractivity contribution in [3.05, 3.63) is 0 Å². The standard InChI is InChI=1S/C11H22O4Si/c1-11(2,3)16(5,6)15-9(8-12)7-10(13)14-4/h8-9H,7H2,1-6H3/t9-/m0/s1. The normalized spacial score (nSPS) is 14.4. The van der Waals surface area contributed by atoms with E-state index in [0.717, 1.165) is 0 Å². The minimum atomic E-state index is -2.01. The number of hydrogen-bond acceptors (Lipinski definition) is 4. The molecule has 0 radical (unpaired) electrons. The third kappa shape index (κ3) is 4.45. The molecule has 0 amide bonds. The molecule has 5 heteroatoms. The van der Waals surface area contributed by atoms with Crippen molar-refractivity contribution < 1.29 is 18.8 Å². The SMILES string of the molecule is COC(=O)C[C@@H](C=O)O[Si](C)(C)C(C)(C)C. The van der Waals surface area contributed by atoms with Gasteiger partial charge in [0.1, 0.15) is 12.4 Å². The number of ether oxygens (including phenoxy) is 1. The Morgan fingerprint density at radius 1 is 1.38 bits per heavy atom. The molecule has 0 saturated heterocycles. The Hall–Kier alpha value is -0.683. The summed E-state index contributed by atoms with van der Waals surface area (Å²) in [7, 11) is -0.705. The Kier molecular flexibility index (Phi) is 5.35. The van der Waals surface area contributed by atoms with Crippen LogP contribution < -0.4 is 0 Å². The zero-order chi connectivity index (χ0) is 13.0. The van der Waals surface area contributed by atoms with Crippen molar-refractivity contribution in [2.75, 3.05) is 7.11 Å². The fraction of sp³-hybridized carbons (Fsp3) is 0.818. The molecule has 0 aliphatic carbocycles. The van der Waals surface area contributed by atoms with Crippen LogP contribution in [0.4, 0.5) is 0 Å². The molecule has 0 aromatic carbocycles. The lowest BCUT2D eigenvalue weighted by Gasteiger charge is -2.37. The molecule has 0 rings (SSSR count). The number of carbonyl (C=O) groups excluding carboxylic acids is 2. The summed E-state index contributed by atoms with van der Waals surface area (Å²) in [5.74, 6) is -0.421. The van der Waals surface area contributed by atoms with Gasteiger partial charge in [0, 0.05) is 0 Å². The highest BCUT2D eigenvalue weighted by atomic mass is 28.4. The molecular weight excluding hydrogens is 224 g/mol. The molecule has 0 heterocycles. The van der Waals surface area contributed by atoms with E-state index >= 15 is 0 Å². The Balaban J connectivity index is 4.54. The van der Waals surface area contributed by atoms with Gasteiger partial charge in [-0.05, 0) is 18.1 Å². The van der Waals surface area contributed by atoms with Gasteiger partial charge < -0.3 is 14.0 Å². The summed E-state index contributed by atoms with van der Waals surface area (Å²) in [6, 6.07) is 0. The van der Waals surface area contributed by atoms with Gasteiger partial charge in [-0.2, -0.15) is 0 Å². The molecule has 0 aliphatic rings. The fourth-order valence-electron chi connectivity index (χ4n) is 0.920. The molecule has 0 fully saturated rings. The first-order valence-corrected chi connectivity index (χ1v) is 8.25. The third-order valence-corrected chi connectivity index (χ3v) is 7.50. The van der Waals surface area contributed by atoms with Crippen LogP contribution in [0, 0.1) is 0 Å². The lowest BCUT2D eigenvalue weighted by molar-refractivity contribution is -0.143. The number of esters is 1. The Bertz CT molecular complexity index is 255. The maximum absolute atomic E-state index is 11.1. The molecule has 0 spiro atoms. The van der Waals surface area contributed by atoms with Gasteiger partial charge >= 0.3 is 5.97 Å². The van der Waals surface area contributed by atoms with Gasteiger partial charge in [-0.1, -0.05) is 20.8 Å². The van der Waals surface area contributed by atoms with Crippen molar-refractivity contribution in [3.8, 4) is 0 Å². The first kappa shape index (κ1) is 15.3. The van der Waals surface area contributed by atoms with Gasteiger partial charge in [-0.3, -0.25) is 4.79 Å². The van der Waals surface area contributed by atoms with Crippen molar-refractivity contribution in [3.63, 3.8) is 0 Å². The number of carbonyl (C=O) groups is 2. The van der Waals surface area contributed by atoms with Gasteiger partial charge in [0.25, 0.3) is 0 Å². The predicted molar refractivity (Wildman–Crippen MR) is 64.8 cm³/mol. The summed E-state index contributed by atoms with van der Waals surface area (Å²) < 4.78 is 10.3. The summed E-state index contributed by atoms with van der Waals surface area (Å²) in [5.41, 5.74) is 0. The van der Waals surface area contributed by atoms with Crippen molar-refractivity contribution in [1.29, 1.82) is 0 Å². The second kappa shape index (κ2) is 5.59. The summed E-state index contributed by atoms with van der Waals surface area (Å²) in [6.45, 7) is 10.3. The quantitative estimate of drug-likeness (QED) is 0.424. The molecule has 0 unspecified atom stereocenters. The van der Waals surface area contributed by atoms with E-state index in [9.17, 15) is 9.59 Å². The van der Waals surface area contributed by atoms with Gasteiger partial charge in [-0.25, -0.2) is 0 Å². The first-order valence-electron chi connectivity index (χ1n) is 5.34. The second-order valence-electron chi connectivity index (χ2n) is 5.33. The van der Waals surface area contributed by atoms with Crippen LogP contribution in [-0.4, -0.2) is 33.8 Å². The highest BCUT2D eigenvalue weighted by molar-refractivity contribution is 6.74. The van der Waals surface area contributed by atoms with Gasteiger partial charge in [0.05, 0.1) is 13.5 Å². The van der Waals surface area contributed by atoms with Crippen LogP contribution in [0.1, 0.15) is 27.2 Å². The van der Waals surface area contributed by atoms with Crippen molar-refractivity contribution >= 4 is 20.6 Å². The molecule has 0 aliphatic heterocycles. The van der Waals surface area contributed by atoms with Crippen LogP contribution in [0.5, 0.6) is 0 Å². The van der Waals surface area contributed by atoms with E-state index in [0.29, 0.717) is 6.29 Å². The number of methoxy groups -OCH3 is 1. The zero-order valence-corrected chi connectivity index (χ0v) is 12.0. The van der Waals surface area contributed by atoms with Crippen LogP contribution >= 0.6 is 0 Å². The summed E-state index contributed by atoms with van der Waals surface area (Å²) in [6.07, 6.45) is -0.0162. The second-order valence-corrected chi connectivity index (χ2v) is 10.1. The monoisotopic (exact) mass is 246 g/mol. The zero-order valence-electron chi connectivity index (χ0n) is 11.0. The molecule has 4 nitrogen and oxygen atoms in total. The minimum Gasteiger partial charge on any atom is -0.469 e. The first-order chi connectivity index (χ1) is 7.14. The maximum atomic E-state index is 11.1. The van der Waals surface area contributed by atoms with E-state index in [4.69, 9.17) is 4.43 Å². The van der Waals surface area contributed by atoms with Crippen LogP contribution in [0.25, 0.3) is 0 Å². The van der Waals surface area contributed by atoms with Gasteiger partial charge in [0.2, 0.25) is 0 Å². The van der Waals surface area contributed by atoms with Crippen molar-refractivity contribution in [2.45, 2.75) is 51.4 Å². The lowest BCUT2D eigenvalue weighted by atomic mass is 10.2. The number of hydrogen-bond donors (Lipinski definition) is 0. The Morgan fingerprint density at radius 3 is 2.19 bits per heavy atom. The van der Waals surface area contributed by atoms with E-state index in [1.54, 1.807) is 0 Å². The largest absolute Gasteiger partial charge is 0.469 e. The van der Waals surface area contributed by atoms with Crippen LogP contribution in [0.2, 0.25) is 18.1 Å². The average molecular weight is 246 g/mol. The van der Waals surface area contributed by atoms with Crippen LogP contribution in [0.3, 0.4) is 0 Å². The molecule has 94 valence electrons. The van der Waals surface area contributed by atoms with Crippen LogP contribution in [0.15, 0.2) is 0 Å². The van der Waals surface area contributed by atoms with Crippen molar-refractivity contribution in [2.24, 2.45) is 0 Å². The molecule has 0 aromatic heterocycles. The lowest BCUT2D eigenvalue weighted by Crippen LogP contribution is -2.44. The topological polar surface area (TPSA) is 52.6 Å². The Labute approximate surface area is 98.4 Å². The molecule has 1 atom stereocenters. The molecule has 16 heavy (non-hydrogen) atoms. The van der Waals surface area contributed by atoms with E-state index in [-0.39, 0.29) is 11.5 Å². The number of rotatable bonds is 5. The van der Waals surface area contributed by atoms with E-state index in [1.165, 1.54) is 7.11 Å². The highest BCUT2D eigenvalue weighted by Crippen LogP contribution is 2.37. The van der Waals surface area contributed by atoms with E-state index < -0.39 is 20.4 Å². The Morgan fingerprint density at radius 2 is 1.88 bits per heavy atom. The molecule has 0 aromatic rings. The predicted octanol–water partition coefficient (Wildman–Crippen LogP) is 2.14. The van der Waals surface area contributed by atoms with Gasteiger partial charge in [-0.15, -0.1) is 0 Å². The smallest absolute Gasteiger partial charge is 0.308 e. The molecular formula is C11H22O4Si. The summed E-state index contributed by atoms with van der Waals surface area (Å²) in [4.78, 5) is 21.9. The van der Waals surface area contributed by atoms with E-state index in [2.05, 4.69) is 25.5 Å². The van der Waals surface area contributed by atoms with E-state index in [1.807, 2.05) is 13.1 Å². The molecule has 0 bridgehead atoms. The van der Waals surface area contributed by atoms with Crippen molar-refractivity contribution in [1.82, 2.24) is 0 Å². The summed E-state index contributed by atoms with van der Waals surface area (Å²) >= 11 is 0. The molecule has 0 saturated carbocycles. The minimum absolute atomic E-state index is 0.00743.